The van der Waals surface area contributed by atoms with E-state index in [9.17, 15) is 0 Å². The highest BCUT2D eigenvalue weighted by Crippen LogP contribution is 2.10. The van der Waals surface area contributed by atoms with Crippen molar-refractivity contribution in [2.24, 2.45) is 0 Å². The standard InChI is InChI=1S/C9H14BrNS/c1-11(6-3-5-10)8-9-4-2-7-12-9/h2,4,7H,3,5-6,8H2,1H3. The van der Waals surface area contributed by atoms with Gasteiger partial charge in [-0.15, -0.1) is 11.3 Å². The van der Waals surface area contributed by atoms with Crippen LogP contribution in [-0.2, 0) is 6.54 Å². The van der Waals surface area contributed by atoms with Gasteiger partial charge >= 0.3 is 0 Å². The maximum absolute atomic E-state index is 3.43. The third-order valence-corrected chi connectivity index (χ3v) is 3.10. The topological polar surface area (TPSA) is 3.24 Å². The summed E-state index contributed by atoms with van der Waals surface area (Å²) in [5.74, 6) is 0. The Morgan fingerprint density at radius 2 is 2.42 bits per heavy atom. The fraction of sp³-hybridized carbons (Fsp3) is 0.556. The van der Waals surface area contributed by atoms with E-state index in [2.05, 4.69) is 45.4 Å². The fourth-order valence-electron chi connectivity index (χ4n) is 1.08. The molecule has 68 valence electrons. The smallest absolute Gasteiger partial charge is 0.0324 e. The van der Waals surface area contributed by atoms with E-state index in [0.717, 1.165) is 11.9 Å². The Morgan fingerprint density at radius 1 is 1.58 bits per heavy atom. The molecule has 0 radical (unpaired) electrons. The molecular weight excluding hydrogens is 234 g/mol. The Labute approximate surface area is 86.5 Å². The van der Waals surface area contributed by atoms with Crippen molar-refractivity contribution in [3.63, 3.8) is 0 Å². The van der Waals surface area contributed by atoms with Gasteiger partial charge in [0.25, 0.3) is 0 Å². The highest BCUT2D eigenvalue weighted by molar-refractivity contribution is 9.09. The van der Waals surface area contributed by atoms with Gasteiger partial charge in [-0.05, 0) is 31.5 Å². The minimum absolute atomic E-state index is 1.09. The van der Waals surface area contributed by atoms with Gasteiger partial charge in [0.1, 0.15) is 0 Å². The molecule has 0 aromatic carbocycles. The van der Waals surface area contributed by atoms with Crippen LogP contribution in [0.15, 0.2) is 17.5 Å². The molecule has 1 aromatic rings. The Hall–Kier alpha value is 0.140. The molecule has 0 bridgehead atoms. The van der Waals surface area contributed by atoms with Crippen molar-refractivity contribution in [3.05, 3.63) is 22.4 Å². The van der Waals surface area contributed by atoms with E-state index in [1.165, 1.54) is 17.8 Å². The summed E-state index contributed by atoms with van der Waals surface area (Å²) in [6, 6.07) is 4.30. The molecule has 0 aliphatic rings. The molecule has 0 aliphatic carbocycles. The summed E-state index contributed by atoms with van der Waals surface area (Å²) in [7, 11) is 2.17. The number of nitrogens with zero attached hydrogens (tertiary/aromatic N) is 1. The van der Waals surface area contributed by atoms with Crippen LogP contribution in [0.5, 0.6) is 0 Å². The van der Waals surface area contributed by atoms with E-state index in [4.69, 9.17) is 0 Å². The zero-order valence-corrected chi connectivity index (χ0v) is 9.70. The summed E-state index contributed by atoms with van der Waals surface area (Å²) in [5, 5.41) is 3.23. The number of rotatable bonds is 5. The number of halogens is 1. The predicted molar refractivity (Wildman–Crippen MR) is 59.1 cm³/mol. The molecule has 0 amide bonds. The Morgan fingerprint density at radius 3 is 3.00 bits per heavy atom. The number of alkyl halides is 1. The largest absolute Gasteiger partial charge is 0.301 e. The molecule has 0 fully saturated rings. The highest BCUT2D eigenvalue weighted by Gasteiger charge is 1.99. The predicted octanol–water partition coefficient (Wildman–Crippen LogP) is 2.96. The van der Waals surface area contributed by atoms with Gasteiger partial charge in [0, 0.05) is 16.8 Å². The van der Waals surface area contributed by atoms with Gasteiger partial charge in [-0.2, -0.15) is 0 Å². The fourth-order valence-corrected chi connectivity index (χ4v) is 2.11. The van der Waals surface area contributed by atoms with E-state index in [1.807, 2.05) is 11.3 Å². The summed E-state index contributed by atoms with van der Waals surface area (Å²) in [6.45, 7) is 2.26. The molecule has 1 nitrogen and oxygen atoms in total. The van der Waals surface area contributed by atoms with Crippen molar-refractivity contribution in [1.82, 2.24) is 4.90 Å². The molecule has 0 aliphatic heterocycles. The Balaban J connectivity index is 2.22. The lowest BCUT2D eigenvalue weighted by atomic mass is 10.4. The van der Waals surface area contributed by atoms with Crippen molar-refractivity contribution in [3.8, 4) is 0 Å². The molecule has 3 heteroatoms. The van der Waals surface area contributed by atoms with E-state index < -0.39 is 0 Å². The average Bonchev–Trinajstić information content (AvgIpc) is 2.53. The van der Waals surface area contributed by atoms with E-state index in [-0.39, 0.29) is 0 Å². The second-order valence-electron chi connectivity index (χ2n) is 2.86. The van der Waals surface area contributed by atoms with Gasteiger partial charge in [-0.25, -0.2) is 0 Å². The molecular formula is C9H14BrNS. The van der Waals surface area contributed by atoms with Gasteiger partial charge in [0.05, 0.1) is 0 Å². The van der Waals surface area contributed by atoms with E-state index >= 15 is 0 Å². The quantitative estimate of drug-likeness (QED) is 0.724. The first-order valence-electron chi connectivity index (χ1n) is 4.10. The average molecular weight is 248 g/mol. The molecule has 12 heavy (non-hydrogen) atoms. The van der Waals surface area contributed by atoms with E-state index in [1.54, 1.807) is 0 Å². The zero-order valence-electron chi connectivity index (χ0n) is 7.29. The van der Waals surface area contributed by atoms with Crippen molar-refractivity contribution in [2.75, 3.05) is 18.9 Å². The Kier molecular flexibility index (Phi) is 4.88. The van der Waals surface area contributed by atoms with Gasteiger partial charge in [-0.1, -0.05) is 22.0 Å². The zero-order chi connectivity index (χ0) is 8.81. The highest BCUT2D eigenvalue weighted by atomic mass is 79.9. The monoisotopic (exact) mass is 247 g/mol. The molecule has 0 unspecified atom stereocenters. The van der Waals surface area contributed by atoms with Gasteiger partial charge < -0.3 is 4.90 Å². The second kappa shape index (κ2) is 5.73. The van der Waals surface area contributed by atoms with Gasteiger partial charge in [-0.3, -0.25) is 0 Å². The summed E-state index contributed by atoms with van der Waals surface area (Å²) in [5.41, 5.74) is 0. The van der Waals surface area contributed by atoms with Crippen molar-refractivity contribution in [1.29, 1.82) is 0 Å². The minimum Gasteiger partial charge on any atom is -0.301 e. The summed E-state index contributed by atoms with van der Waals surface area (Å²) in [4.78, 5) is 3.81. The van der Waals surface area contributed by atoms with Crippen LogP contribution in [0, 0.1) is 0 Å². The van der Waals surface area contributed by atoms with Crippen LogP contribution in [0.1, 0.15) is 11.3 Å². The van der Waals surface area contributed by atoms with Gasteiger partial charge in [0.2, 0.25) is 0 Å². The van der Waals surface area contributed by atoms with Crippen molar-refractivity contribution < 1.29 is 0 Å². The first kappa shape index (κ1) is 10.2. The normalized spacial score (nSPS) is 10.9. The lowest BCUT2D eigenvalue weighted by Crippen LogP contribution is -2.18. The van der Waals surface area contributed by atoms with Gasteiger partial charge in [0.15, 0.2) is 0 Å². The van der Waals surface area contributed by atoms with Crippen LogP contribution >= 0.6 is 27.3 Å². The summed E-state index contributed by atoms with van der Waals surface area (Å²) in [6.07, 6.45) is 1.22. The third-order valence-electron chi connectivity index (χ3n) is 1.68. The van der Waals surface area contributed by atoms with Crippen LogP contribution in [0.4, 0.5) is 0 Å². The minimum atomic E-state index is 1.09. The maximum atomic E-state index is 3.43. The lowest BCUT2D eigenvalue weighted by Gasteiger charge is -2.14. The summed E-state index contributed by atoms with van der Waals surface area (Å²) < 4.78 is 0. The SMILES string of the molecule is CN(CCCBr)Cc1cccs1. The molecule has 0 spiro atoms. The van der Waals surface area contributed by atoms with Crippen LogP contribution in [0.2, 0.25) is 0 Å². The number of hydrogen-bond acceptors (Lipinski definition) is 2. The second-order valence-corrected chi connectivity index (χ2v) is 4.68. The lowest BCUT2D eigenvalue weighted by molar-refractivity contribution is 0.332. The molecule has 1 heterocycles. The van der Waals surface area contributed by atoms with Crippen LogP contribution in [0.3, 0.4) is 0 Å². The molecule has 0 N–H and O–H groups in total. The first-order chi connectivity index (χ1) is 5.83. The van der Waals surface area contributed by atoms with Crippen LogP contribution in [-0.4, -0.2) is 23.8 Å². The molecule has 0 atom stereocenters. The van der Waals surface area contributed by atoms with Crippen LogP contribution < -0.4 is 0 Å². The first-order valence-corrected chi connectivity index (χ1v) is 6.10. The Bertz CT molecular complexity index is 198. The number of thiophene rings is 1. The van der Waals surface area contributed by atoms with Crippen LogP contribution in [0.25, 0.3) is 0 Å². The molecule has 1 aromatic heterocycles. The summed E-state index contributed by atoms with van der Waals surface area (Å²) >= 11 is 5.26. The number of hydrogen-bond donors (Lipinski definition) is 0. The maximum Gasteiger partial charge on any atom is 0.0324 e. The molecule has 0 saturated heterocycles. The van der Waals surface area contributed by atoms with Crippen molar-refractivity contribution >= 4 is 27.3 Å². The van der Waals surface area contributed by atoms with Crippen molar-refractivity contribution in [2.45, 2.75) is 13.0 Å². The molecule has 1 rings (SSSR count). The van der Waals surface area contributed by atoms with E-state index in [0.29, 0.717) is 0 Å². The third kappa shape index (κ3) is 3.70. The molecule has 0 saturated carbocycles.